The Morgan fingerprint density at radius 2 is 2.00 bits per heavy atom. The predicted molar refractivity (Wildman–Crippen MR) is 114 cm³/mol. The van der Waals surface area contributed by atoms with E-state index in [1.165, 1.54) is 12.7 Å². The summed E-state index contributed by atoms with van der Waals surface area (Å²) in [5.41, 5.74) is 9.52. The summed E-state index contributed by atoms with van der Waals surface area (Å²) in [7, 11) is 1.50. The Hall–Kier alpha value is -3.94. The van der Waals surface area contributed by atoms with Crippen LogP contribution >= 0.6 is 0 Å². The van der Waals surface area contributed by atoms with Gasteiger partial charge in [-0.2, -0.15) is 4.98 Å². The Balaban J connectivity index is 1.49. The van der Waals surface area contributed by atoms with E-state index in [-0.39, 0.29) is 17.7 Å². The first-order valence-corrected chi connectivity index (χ1v) is 9.62. The minimum atomic E-state index is -0.220. The molecule has 1 amide bonds. The Morgan fingerprint density at radius 3 is 2.80 bits per heavy atom. The highest BCUT2D eigenvalue weighted by molar-refractivity contribution is 5.97. The molecule has 8 nitrogen and oxygen atoms in total. The van der Waals surface area contributed by atoms with Gasteiger partial charge in [-0.3, -0.25) is 4.79 Å². The van der Waals surface area contributed by atoms with Gasteiger partial charge in [0.1, 0.15) is 5.56 Å². The maximum absolute atomic E-state index is 12.8. The molecule has 4 rings (SSSR count). The highest BCUT2D eigenvalue weighted by Crippen LogP contribution is 2.25. The van der Waals surface area contributed by atoms with Crippen molar-refractivity contribution in [2.45, 2.75) is 12.8 Å². The first kappa shape index (κ1) is 19.4. The SMILES string of the molecule is COc1ncc(-c2ccn3nc(N)nc3c2)cc1C(=O)NCCCc1ccccc1. The molecule has 152 valence electrons. The van der Waals surface area contributed by atoms with E-state index in [9.17, 15) is 4.79 Å². The van der Waals surface area contributed by atoms with Crippen LogP contribution in [0, 0.1) is 0 Å². The quantitative estimate of drug-likeness (QED) is 0.460. The highest BCUT2D eigenvalue weighted by atomic mass is 16.5. The summed E-state index contributed by atoms with van der Waals surface area (Å²) in [6.07, 6.45) is 5.17. The summed E-state index contributed by atoms with van der Waals surface area (Å²) in [5, 5.41) is 7.02. The van der Waals surface area contributed by atoms with E-state index < -0.39 is 0 Å². The van der Waals surface area contributed by atoms with Crippen molar-refractivity contribution in [2.75, 3.05) is 19.4 Å². The topological polar surface area (TPSA) is 107 Å². The lowest BCUT2D eigenvalue weighted by Crippen LogP contribution is -2.25. The van der Waals surface area contributed by atoms with Crippen molar-refractivity contribution in [3.8, 4) is 17.0 Å². The van der Waals surface area contributed by atoms with E-state index in [4.69, 9.17) is 10.5 Å². The third-order valence-corrected chi connectivity index (χ3v) is 4.75. The lowest BCUT2D eigenvalue weighted by atomic mass is 10.1. The van der Waals surface area contributed by atoms with Crippen LogP contribution in [0.2, 0.25) is 0 Å². The normalized spacial score (nSPS) is 10.8. The molecule has 4 aromatic rings. The first-order valence-electron chi connectivity index (χ1n) is 9.62. The zero-order chi connectivity index (χ0) is 20.9. The van der Waals surface area contributed by atoms with Gasteiger partial charge in [-0.05, 0) is 42.2 Å². The maximum atomic E-state index is 12.8. The molecule has 0 saturated heterocycles. The third kappa shape index (κ3) is 4.22. The van der Waals surface area contributed by atoms with E-state index in [1.54, 1.807) is 23.0 Å². The van der Waals surface area contributed by atoms with Crippen LogP contribution in [0.3, 0.4) is 0 Å². The number of carbonyl (C=O) groups excluding carboxylic acids is 1. The summed E-state index contributed by atoms with van der Waals surface area (Å²) in [5.74, 6) is 0.268. The minimum Gasteiger partial charge on any atom is -0.480 e. The fourth-order valence-corrected chi connectivity index (χ4v) is 3.25. The number of anilines is 1. The molecule has 0 aliphatic carbocycles. The van der Waals surface area contributed by atoms with Gasteiger partial charge in [0.15, 0.2) is 5.65 Å². The number of pyridine rings is 2. The van der Waals surface area contributed by atoms with Crippen LogP contribution in [0.5, 0.6) is 5.88 Å². The second-order valence-electron chi connectivity index (χ2n) is 6.81. The van der Waals surface area contributed by atoms with Gasteiger partial charge in [0.25, 0.3) is 5.91 Å². The molecule has 30 heavy (non-hydrogen) atoms. The molecule has 0 fully saturated rings. The zero-order valence-corrected chi connectivity index (χ0v) is 16.6. The van der Waals surface area contributed by atoms with Crippen molar-refractivity contribution in [2.24, 2.45) is 0 Å². The molecule has 1 aromatic carbocycles. The zero-order valence-electron chi connectivity index (χ0n) is 16.6. The van der Waals surface area contributed by atoms with Crippen LogP contribution in [0.4, 0.5) is 5.95 Å². The maximum Gasteiger partial charge on any atom is 0.256 e. The number of amides is 1. The number of benzene rings is 1. The van der Waals surface area contributed by atoms with Crippen LogP contribution in [0.1, 0.15) is 22.3 Å². The second-order valence-corrected chi connectivity index (χ2v) is 6.81. The standard InChI is InChI=1S/C22H22N6O2/c1-30-21-18(20(29)24-10-5-8-15-6-3-2-4-7-15)12-17(14-25-21)16-9-11-28-19(13-16)26-22(23)27-28/h2-4,6-7,9,11-14H,5,8,10H2,1H3,(H2,23,27)(H,24,29). The molecule has 0 unspecified atom stereocenters. The van der Waals surface area contributed by atoms with Gasteiger partial charge in [-0.25, -0.2) is 9.50 Å². The van der Waals surface area contributed by atoms with Crippen LogP contribution in [-0.2, 0) is 6.42 Å². The van der Waals surface area contributed by atoms with Gasteiger partial charge >= 0.3 is 0 Å². The number of nitrogens with one attached hydrogen (secondary N) is 1. The van der Waals surface area contributed by atoms with E-state index in [2.05, 4.69) is 32.5 Å². The Morgan fingerprint density at radius 1 is 1.17 bits per heavy atom. The largest absolute Gasteiger partial charge is 0.480 e. The number of hydrogen-bond donors (Lipinski definition) is 2. The van der Waals surface area contributed by atoms with E-state index in [0.717, 1.165) is 24.0 Å². The summed E-state index contributed by atoms with van der Waals surface area (Å²) in [6.45, 7) is 0.562. The van der Waals surface area contributed by atoms with Gasteiger partial charge in [-0.15, -0.1) is 5.10 Å². The monoisotopic (exact) mass is 402 g/mol. The number of aromatic nitrogens is 4. The molecular formula is C22H22N6O2. The fraction of sp³-hybridized carbons (Fsp3) is 0.182. The molecule has 3 aromatic heterocycles. The molecule has 0 saturated carbocycles. The second kappa shape index (κ2) is 8.60. The lowest BCUT2D eigenvalue weighted by molar-refractivity contribution is 0.0949. The summed E-state index contributed by atoms with van der Waals surface area (Å²) < 4.78 is 6.88. The molecular weight excluding hydrogens is 380 g/mol. The number of ether oxygens (including phenoxy) is 1. The van der Waals surface area contributed by atoms with Crippen LogP contribution in [0.15, 0.2) is 60.9 Å². The van der Waals surface area contributed by atoms with Gasteiger partial charge in [0.2, 0.25) is 11.8 Å². The number of hydrogen-bond acceptors (Lipinski definition) is 6. The van der Waals surface area contributed by atoms with Crippen molar-refractivity contribution >= 4 is 17.5 Å². The van der Waals surface area contributed by atoms with Crippen LogP contribution in [0.25, 0.3) is 16.8 Å². The van der Waals surface area contributed by atoms with Gasteiger partial charge in [0, 0.05) is 24.5 Å². The molecule has 0 radical (unpaired) electrons. The molecule has 0 aliphatic rings. The molecule has 0 spiro atoms. The Bertz CT molecular complexity index is 1170. The number of aryl methyl sites for hydroxylation is 1. The first-order chi connectivity index (χ1) is 14.6. The summed E-state index contributed by atoms with van der Waals surface area (Å²) in [6, 6.07) is 15.7. The molecule has 0 atom stereocenters. The van der Waals surface area contributed by atoms with Crippen molar-refractivity contribution in [1.29, 1.82) is 0 Å². The molecule has 8 heteroatoms. The van der Waals surface area contributed by atoms with Crippen molar-refractivity contribution in [3.63, 3.8) is 0 Å². The van der Waals surface area contributed by atoms with Gasteiger partial charge < -0.3 is 15.8 Å². The number of carbonyl (C=O) groups is 1. The average Bonchev–Trinajstić information content (AvgIpc) is 3.16. The Labute approximate surface area is 173 Å². The van der Waals surface area contributed by atoms with E-state index >= 15 is 0 Å². The molecule has 0 aliphatic heterocycles. The minimum absolute atomic E-state index is 0.204. The summed E-state index contributed by atoms with van der Waals surface area (Å²) >= 11 is 0. The highest BCUT2D eigenvalue weighted by Gasteiger charge is 2.15. The fourth-order valence-electron chi connectivity index (χ4n) is 3.25. The number of rotatable bonds is 7. The van der Waals surface area contributed by atoms with Crippen molar-refractivity contribution in [3.05, 3.63) is 72.1 Å². The van der Waals surface area contributed by atoms with E-state index in [0.29, 0.717) is 17.8 Å². The van der Waals surface area contributed by atoms with Crippen LogP contribution < -0.4 is 15.8 Å². The van der Waals surface area contributed by atoms with E-state index in [1.807, 2.05) is 30.3 Å². The lowest BCUT2D eigenvalue weighted by Gasteiger charge is -2.11. The van der Waals surface area contributed by atoms with Crippen LogP contribution in [-0.4, -0.2) is 39.1 Å². The Kier molecular flexibility index (Phi) is 5.56. The van der Waals surface area contributed by atoms with Crippen molar-refractivity contribution < 1.29 is 9.53 Å². The molecule has 3 N–H and O–H groups in total. The molecule has 3 heterocycles. The third-order valence-electron chi connectivity index (χ3n) is 4.75. The number of nitrogen functional groups attached to an aromatic ring is 1. The number of methoxy groups -OCH3 is 1. The average molecular weight is 402 g/mol. The van der Waals surface area contributed by atoms with Gasteiger partial charge in [0.05, 0.1) is 7.11 Å². The van der Waals surface area contributed by atoms with Gasteiger partial charge in [-0.1, -0.05) is 30.3 Å². The van der Waals surface area contributed by atoms with Crippen molar-refractivity contribution in [1.82, 2.24) is 24.9 Å². The smallest absolute Gasteiger partial charge is 0.256 e. The summed E-state index contributed by atoms with van der Waals surface area (Å²) in [4.78, 5) is 21.2. The number of nitrogens with zero attached hydrogens (tertiary/aromatic N) is 4. The number of nitrogens with two attached hydrogens (primary N) is 1. The molecule has 0 bridgehead atoms. The number of fused-ring (bicyclic) bond motifs is 1. The predicted octanol–water partition coefficient (Wildman–Crippen LogP) is 2.74.